The Bertz CT molecular complexity index is 826. The molecule has 0 atom stereocenters. The van der Waals surface area contributed by atoms with Crippen molar-refractivity contribution in [2.24, 2.45) is 0 Å². The van der Waals surface area contributed by atoms with E-state index in [0.29, 0.717) is 0 Å². The average Bonchev–Trinajstić information content (AvgIpc) is 3.15. The lowest BCUT2D eigenvalue weighted by atomic mass is 9.88. The largest absolute Gasteiger partial charge is 0.338 e. The van der Waals surface area contributed by atoms with Gasteiger partial charge in [-0.2, -0.15) is 8.78 Å². The standard InChI is InChI=1S/C21H21F2N3O/c1-25(15-19-24-12-13-26(19)21(22)23)20(27)14-18(16-8-4-2-5-9-16)17-10-6-3-7-11-17/h2-13,18,21H,14-15H2,1H3. The lowest BCUT2D eigenvalue weighted by molar-refractivity contribution is -0.130. The van der Waals surface area contributed by atoms with Gasteiger partial charge in [0.25, 0.3) is 0 Å². The summed E-state index contributed by atoms with van der Waals surface area (Å²) in [5.74, 6) is -0.0643. The predicted octanol–water partition coefficient (Wildman–Crippen LogP) is 4.46. The number of imidazole rings is 1. The molecule has 0 saturated carbocycles. The first-order valence-corrected chi connectivity index (χ1v) is 8.70. The van der Waals surface area contributed by atoms with Gasteiger partial charge in [-0.25, -0.2) is 4.98 Å². The van der Waals surface area contributed by atoms with Crippen molar-refractivity contribution in [3.05, 3.63) is 90.0 Å². The Kier molecular flexibility index (Phi) is 5.96. The highest BCUT2D eigenvalue weighted by Gasteiger charge is 2.22. The Morgan fingerprint density at radius 2 is 1.59 bits per heavy atom. The fourth-order valence-electron chi connectivity index (χ4n) is 3.07. The third-order valence-electron chi connectivity index (χ3n) is 4.55. The second kappa shape index (κ2) is 8.58. The van der Waals surface area contributed by atoms with Gasteiger partial charge in [-0.05, 0) is 11.1 Å². The molecule has 3 rings (SSSR count). The van der Waals surface area contributed by atoms with Crippen molar-refractivity contribution < 1.29 is 13.6 Å². The van der Waals surface area contributed by atoms with E-state index in [4.69, 9.17) is 0 Å². The van der Waals surface area contributed by atoms with Crippen LogP contribution in [0.5, 0.6) is 0 Å². The smallest absolute Gasteiger partial charge is 0.319 e. The van der Waals surface area contributed by atoms with Gasteiger partial charge in [0.2, 0.25) is 5.91 Å². The Balaban J connectivity index is 1.77. The zero-order valence-corrected chi connectivity index (χ0v) is 15.0. The summed E-state index contributed by atoms with van der Waals surface area (Å²) in [5, 5.41) is 0. The molecule has 0 bridgehead atoms. The van der Waals surface area contributed by atoms with Gasteiger partial charge < -0.3 is 4.90 Å². The molecule has 0 fully saturated rings. The van der Waals surface area contributed by atoms with Gasteiger partial charge in [0.1, 0.15) is 5.82 Å². The fourth-order valence-corrected chi connectivity index (χ4v) is 3.07. The molecule has 0 aliphatic carbocycles. The summed E-state index contributed by atoms with van der Waals surface area (Å²) in [6, 6.07) is 19.6. The number of halogens is 2. The summed E-state index contributed by atoms with van der Waals surface area (Å²) in [5.41, 5.74) is 2.08. The van der Waals surface area contributed by atoms with E-state index in [1.807, 2.05) is 60.7 Å². The minimum Gasteiger partial charge on any atom is -0.338 e. The van der Waals surface area contributed by atoms with Crippen LogP contribution in [0.1, 0.15) is 35.8 Å². The summed E-state index contributed by atoms with van der Waals surface area (Å²) in [7, 11) is 1.61. The molecule has 140 valence electrons. The Hall–Kier alpha value is -3.02. The maximum atomic E-state index is 13.0. The topological polar surface area (TPSA) is 38.1 Å². The van der Waals surface area contributed by atoms with Gasteiger partial charge in [0.05, 0.1) is 6.54 Å². The number of aromatic nitrogens is 2. The molecule has 0 radical (unpaired) electrons. The zero-order chi connectivity index (χ0) is 19.2. The van der Waals surface area contributed by atoms with Crippen LogP contribution in [0.4, 0.5) is 8.78 Å². The van der Waals surface area contributed by atoms with Crippen molar-refractivity contribution in [2.45, 2.75) is 25.4 Å². The summed E-state index contributed by atoms with van der Waals surface area (Å²) in [4.78, 5) is 18.2. The Morgan fingerprint density at radius 1 is 1.04 bits per heavy atom. The molecule has 0 aliphatic rings. The number of hydrogen-bond donors (Lipinski definition) is 0. The van der Waals surface area contributed by atoms with Crippen molar-refractivity contribution in [3.63, 3.8) is 0 Å². The van der Waals surface area contributed by atoms with Crippen LogP contribution in [0.25, 0.3) is 0 Å². The highest BCUT2D eigenvalue weighted by atomic mass is 19.3. The third kappa shape index (κ3) is 4.58. The van der Waals surface area contributed by atoms with Gasteiger partial charge in [0.15, 0.2) is 0 Å². The fraction of sp³-hybridized carbons (Fsp3) is 0.238. The Labute approximate surface area is 157 Å². The van der Waals surface area contributed by atoms with Crippen LogP contribution in [-0.2, 0) is 11.3 Å². The molecule has 6 heteroatoms. The van der Waals surface area contributed by atoms with E-state index >= 15 is 0 Å². The third-order valence-corrected chi connectivity index (χ3v) is 4.55. The first kappa shape index (κ1) is 18.8. The molecular formula is C21H21F2N3O. The van der Waals surface area contributed by atoms with Gasteiger partial charge in [-0.1, -0.05) is 60.7 Å². The van der Waals surface area contributed by atoms with Crippen LogP contribution in [0.3, 0.4) is 0 Å². The van der Waals surface area contributed by atoms with Crippen LogP contribution in [0, 0.1) is 0 Å². The van der Waals surface area contributed by atoms with E-state index in [-0.39, 0.29) is 30.6 Å². The van der Waals surface area contributed by atoms with Crippen molar-refractivity contribution >= 4 is 5.91 Å². The highest BCUT2D eigenvalue weighted by molar-refractivity contribution is 5.77. The summed E-state index contributed by atoms with van der Waals surface area (Å²) in [6.45, 7) is -2.64. The van der Waals surface area contributed by atoms with Crippen LogP contribution in [-0.4, -0.2) is 27.4 Å². The maximum Gasteiger partial charge on any atom is 0.319 e. The number of benzene rings is 2. The molecular weight excluding hydrogens is 348 g/mol. The molecule has 1 heterocycles. The van der Waals surface area contributed by atoms with Gasteiger partial charge in [-0.3, -0.25) is 9.36 Å². The van der Waals surface area contributed by atoms with Gasteiger partial charge >= 0.3 is 6.55 Å². The lowest BCUT2D eigenvalue weighted by Crippen LogP contribution is -2.29. The van der Waals surface area contributed by atoms with E-state index in [1.54, 1.807) is 7.05 Å². The first-order chi connectivity index (χ1) is 13.1. The number of carbonyl (C=O) groups is 1. The lowest BCUT2D eigenvalue weighted by Gasteiger charge is -2.22. The SMILES string of the molecule is CN(Cc1nccn1C(F)F)C(=O)CC(c1ccccc1)c1ccccc1. The molecule has 0 N–H and O–H groups in total. The second-order valence-corrected chi connectivity index (χ2v) is 6.36. The highest BCUT2D eigenvalue weighted by Crippen LogP contribution is 2.28. The minimum atomic E-state index is -2.67. The van der Waals surface area contributed by atoms with E-state index in [1.165, 1.54) is 17.3 Å². The first-order valence-electron chi connectivity index (χ1n) is 8.70. The van der Waals surface area contributed by atoms with Crippen molar-refractivity contribution in [1.82, 2.24) is 14.5 Å². The van der Waals surface area contributed by atoms with Crippen LogP contribution in [0.15, 0.2) is 73.1 Å². The summed E-state index contributed by atoms with van der Waals surface area (Å²) < 4.78 is 26.7. The zero-order valence-electron chi connectivity index (χ0n) is 15.0. The van der Waals surface area contributed by atoms with Gasteiger partial charge in [-0.15, -0.1) is 0 Å². The van der Waals surface area contributed by atoms with Gasteiger partial charge in [0, 0.05) is 31.8 Å². The Morgan fingerprint density at radius 3 is 2.11 bits per heavy atom. The number of alkyl halides is 2. The molecule has 2 aromatic carbocycles. The van der Waals surface area contributed by atoms with Crippen molar-refractivity contribution in [1.29, 1.82) is 0 Å². The monoisotopic (exact) mass is 369 g/mol. The molecule has 0 aliphatic heterocycles. The number of carbonyl (C=O) groups excluding carboxylic acids is 1. The van der Waals surface area contributed by atoms with E-state index in [9.17, 15) is 13.6 Å². The van der Waals surface area contributed by atoms with Crippen LogP contribution in [0.2, 0.25) is 0 Å². The second-order valence-electron chi connectivity index (χ2n) is 6.36. The van der Waals surface area contributed by atoms with Crippen molar-refractivity contribution in [3.8, 4) is 0 Å². The molecule has 3 aromatic rings. The van der Waals surface area contributed by atoms with Crippen LogP contribution < -0.4 is 0 Å². The molecule has 1 amide bonds. The minimum absolute atomic E-state index is 0.0342. The van der Waals surface area contributed by atoms with Crippen LogP contribution >= 0.6 is 0 Å². The molecule has 0 spiro atoms. The molecule has 0 unspecified atom stereocenters. The summed E-state index contributed by atoms with van der Waals surface area (Å²) >= 11 is 0. The number of rotatable bonds is 7. The number of amides is 1. The average molecular weight is 369 g/mol. The van der Waals surface area contributed by atoms with Crippen molar-refractivity contribution in [2.75, 3.05) is 7.05 Å². The predicted molar refractivity (Wildman–Crippen MR) is 99.3 cm³/mol. The molecule has 0 saturated heterocycles. The molecule has 1 aromatic heterocycles. The molecule has 4 nitrogen and oxygen atoms in total. The van der Waals surface area contributed by atoms with E-state index < -0.39 is 6.55 Å². The number of nitrogens with zero attached hydrogens (tertiary/aromatic N) is 3. The van der Waals surface area contributed by atoms with E-state index in [0.717, 1.165) is 15.7 Å². The normalized spacial score (nSPS) is 11.1. The number of hydrogen-bond acceptors (Lipinski definition) is 2. The maximum absolute atomic E-state index is 13.0. The summed E-state index contributed by atoms with van der Waals surface area (Å²) in [6.07, 6.45) is 2.78. The van der Waals surface area contributed by atoms with E-state index in [2.05, 4.69) is 4.98 Å². The molecule has 27 heavy (non-hydrogen) atoms. The quantitative estimate of drug-likeness (QED) is 0.617.